The van der Waals surface area contributed by atoms with E-state index in [1.165, 1.54) is 13.8 Å². The van der Waals surface area contributed by atoms with Crippen molar-refractivity contribution in [2.45, 2.75) is 39.7 Å². The Balaban J connectivity index is 4.20. The SMILES string of the molecule is CC(=O)O[SiH](OC(C)=O)C(C)CCOC(C)=S. The van der Waals surface area contributed by atoms with Crippen LogP contribution in [-0.2, 0) is 23.2 Å². The van der Waals surface area contributed by atoms with Crippen molar-refractivity contribution in [1.29, 1.82) is 0 Å². The van der Waals surface area contributed by atoms with Crippen molar-refractivity contribution in [3.8, 4) is 0 Å². The summed E-state index contributed by atoms with van der Waals surface area (Å²) in [5, 5.41) is 0.468. The van der Waals surface area contributed by atoms with Crippen molar-refractivity contribution in [2.24, 2.45) is 0 Å². The molecule has 7 heteroatoms. The maximum absolute atomic E-state index is 10.9. The first-order valence-electron chi connectivity index (χ1n) is 5.30. The normalized spacial score (nSPS) is 11.8. The first-order chi connectivity index (χ1) is 7.82. The summed E-state index contributed by atoms with van der Waals surface area (Å²) >= 11 is 4.77. The van der Waals surface area contributed by atoms with E-state index in [1.807, 2.05) is 6.92 Å². The minimum absolute atomic E-state index is 0.0165. The zero-order valence-corrected chi connectivity index (χ0v) is 12.5. The molecule has 5 nitrogen and oxygen atoms in total. The number of ether oxygens (including phenoxy) is 1. The molecule has 0 aliphatic rings. The van der Waals surface area contributed by atoms with E-state index in [1.54, 1.807) is 6.92 Å². The smallest absolute Gasteiger partial charge is 0.451 e. The van der Waals surface area contributed by atoms with Gasteiger partial charge in [-0.1, -0.05) is 6.92 Å². The number of rotatable bonds is 6. The van der Waals surface area contributed by atoms with Gasteiger partial charge in [0.05, 0.1) is 6.61 Å². The Morgan fingerprint density at radius 2 is 1.65 bits per heavy atom. The molecule has 0 spiro atoms. The van der Waals surface area contributed by atoms with Crippen LogP contribution < -0.4 is 0 Å². The Labute approximate surface area is 108 Å². The van der Waals surface area contributed by atoms with Crippen molar-refractivity contribution in [3.63, 3.8) is 0 Å². The molecule has 0 amide bonds. The van der Waals surface area contributed by atoms with Crippen molar-refractivity contribution >= 4 is 38.5 Å². The lowest BCUT2D eigenvalue weighted by Crippen LogP contribution is -2.32. The van der Waals surface area contributed by atoms with Crippen LogP contribution >= 0.6 is 12.2 Å². The molecule has 0 aliphatic carbocycles. The summed E-state index contributed by atoms with van der Waals surface area (Å²) in [7, 11) is -2.33. The summed E-state index contributed by atoms with van der Waals surface area (Å²) in [4.78, 5) is 21.8. The predicted octanol–water partition coefficient (Wildman–Crippen LogP) is 1.48. The Hall–Kier alpha value is -0.953. The molecule has 0 aromatic carbocycles. The van der Waals surface area contributed by atoms with Crippen molar-refractivity contribution in [1.82, 2.24) is 0 Å². The van der Waals surface area contributed by atoms with Gasteiger partial charge in [-0.15, -0.1) is 0 Å². The highest BCUT2D eigenvalue weighted by molar-refractivity contribution is 7.80. The van der Waals surface area contributed by atoms with E-state index in [4.69, 9.17) is 25.8 Å². The van der Waals surface area contributed by atoms with Crippen LogP contribution in [0.1, 0.15) is 34.1 Å². The zero-order valence-electron chi connectivity index (χ0n) is 10.5. The van der Waals surface area contributed by atoms with Crippen LogP contribution in [0.3, 0.4) is 0 Å². The van der Waals surface area contributed by atoms with E-state index in [-0.39, 0.29) is 5.54 Å². The van der Waals surface area contributed by atoms with Crippen LogP contribution in [0, 0.1) is 0 Å². The predicted molar refractivity (Wildman–Crippen MR) is 68.9 cm³/mol. The first kappa shape index (κ1) is 16.0. The Morgan fingerprint density at radius 3 is 2.00 bits per heavy atom. The quantitative estimate of drug-likeness (QED) is 0.542. The number of thiocarbonyl (C=S) groups is 1. The molecule has 0 saturated carbocycles. The summed E-state index contributed by atoms with van der Waals surface area (Å²) in [6.07, 6.45) is 0.630. The van der Waals surface area contributed by atoms with Gasteiger partial charge in [0.25, 0.3) is 11.9 Å². The van der Waals surface area contributed by atoms with E-state index >= 15 is 0 Å². The molecule has 1 unspecified atom stereocenters. The topological polar surface area (TPSA) is 61.8 Å². The monoisotopic (exact) mass is 278 g/mol. The molecule has 17 heavy (non-hydrogen) atoms. The second-order valence-corrected chi connectivity index (χ2v) is 6.61. The van der Waals surface area contributed by atoms with Crippen molar-refractivity contribution in [3.05, 3.63) is 0 Å². The Kier molecular flexibility index (Phi) is 7.73. The molecule has 0 saturated heterocycles. The fourth-order valence-electron chi connectivity index (χ4n) is 1.11. The lowest BCUT2D eigenvalue weighted by atomic mass is 10.3. The van der Waals surface area contributed by atoms with Gasteiger partial charge in [0.15, 0.2) is 5.05 Å². The van der Waals surface area contributed by atoms with E-state index in [9.17, 15) is 9.59 Å². The third-order valence-corrected chi connectivity index (χ3v) is 4.42. The molecule has 0 rings (SSSR count). The highest BCUT2D eigenvalue weighted by Gasteiger charge is 2.27. The third kappa shape index (κ3) is 8.81. The summed E-state index contributed by atoms with van der Waals surface area (Å²) in [6, 6.07) is 0. The number of carbonyl (C=O) groups excluding carboxylic acids is 2. The molecule has 98 valence electrons. The van der Waals surface area contributed by atoms with Gasteiger partial charge >= 0.3 is 9.28 Å². The van der Waals surface area contributed by atoms with Gasteiger partial charge in [0.2, 0.25) is 0 Å². The molecular formula is C10H18O5SSi. The molecule has 0 bridgehead atoms. The lowest BCUT2D eigenvalue weighted by molar-refractivity contribution is -0.138. The fourth-order valence-corrected chi connectivity index (χ4v) is 2.77. The second kappa shape index (κ2) is 8.18. The van der Waals surface area contributed by atoms with E-state index in [0.29, 0.717) is 18.1 Å². The second-order valence-electron chi connectivity index (χ2n) is 3.69. The molecule has 0 heterocycles. The van der Waals surface area contributed by atoms with Crippen LogP contribution in [0.25, 0.3) is 0 Å². The molecule has 0 fully saturated rings. The summed E-state index contributed by atoms with van der Waals surface area (Å²) in [5.41, 5.74) is -0.0165. The summed E-state index contributed by atoms with van der Waals surface area (Å²) < 4.78 is 15.2. The highest BCUT2D eigenvalue weighted by Crippen LogP contribution is 2.17. The first-order valence-corrected chi connectivity index (χ1v) is 7.32. The van der Waals surface area contributed by atoms with Gasteiger partial charge in [-0.05, 0) is 18.6 Å². The van der Waals surface area contributed by atoms with Crippen LogP contribution in [0.2, 0.25) is 5.54 Å². The van der Waals surface area contributed by atoms with Crippen LogP contribution in [-0.4, -0.2) is 32.9 Å². The average Bonchev–Trinajstić information content (AvgIpc) is 2.14. The Bertz CT molecular complexity index is 278. The van der Waals surface area contributed by atoms with Gasteiger partial charge in [-0.25, -0.2) is 0 Å². The third-order valence-electron chi connectivity index (χ3n) is 1.91. The van der Waals surface area contributed by atoms with E-state index in [2.05, 4.69) is 0 Å². The van der Waals surface area contributed by atoms with Crippen molar-refractivity contribution in [2.75, 3.05) is 6.61 Å². The largest absolute Gasteiger partial charge is 0.487 e. The molecular weight excluding hydrogens is 260 g/mol. The maximum atomic E-state index is 10.9. The van der Waals surface area contributed by atoms with E-state index < -0.39 is 21.2 Å². The molecule has 0 aromatic rings. The molecule has 1 atom stereocenters. The van der Waals surface area contributed by atoms with Crippen LogP contribution in [0.5, 0.6) is 0 Å². The molecule has 0 aliphatic heterocycles. The van der Waals surface area contributed by atoms with Crippen LogP contribution in [0.15, 0.2) is 0 Å². The Morgan fingerprint density at radius 1 is 1.18 bits per heavy atom. The van der Waals surface area contributed by atoms with Gasteiger partial charge in [0.1, 0.15) is 0 Å². The van der Waals surface area contributed by atoms with E-state index in [0.717, 1.165) is 0 Å². The summed E-state index contributed by atoms with van der Waals surface area (Å²) in [6.45, 7) is 6.59. The standard InChI is InChI=1S/C10H18O5SSi/c1-7(5-6-13-10(4)16)17(14-8(2)11)15-9(3)12/h7,17H,5-6H2,1-4H3. The summed E-state index contributed by atoms with van der Waals surface area (Å²) in [5.74, 6) is -0.858. The van der Waals surface area contributed by atoms with Gasteiger partial charge in [0, 0.05) is 26.3 Å². The van der Waals surface area contributed by atoms with Crippen LogP contribution in [0.4, 0.5) is 0 Å². The zero-order chi connectivity index (χ0) is 13.4. The minimum atomic E-state index is -2.33. The molecule has 0 N–H and O–H groups in total. The van der Waals surface area contributed by atoms with Gasteiger partial charge in [-0.3, -0.25) is 9.59 Å². The van der Waals surface area contributed by atoms with Gasteiger partial charge < -0.3 is 13.6 Å². The number of carbonyl (C=O) groups is 2. The number of hydrogen-bond donors (Lipinski definition) is 0. The molecule has 0 aromatic heterocycles. The van der Waals surface area contributed by atoms with Gasteiger partial charge in [-0.2, -0.15) is 0 Å². The lowest BCUT2D eigenvalue weighted by Gasteiger charge is -2.20. The molecule has 0 radical (unpaired) electrons. The number of hydrogen-bond acceptors (Lipinski definition) is 6. The van der Waals surface area contributed by atoms with Crippen molar-refractivity contribution < 1.29 is 23.2 Å². The maximum Gasteiger partial charge on any atom is 0.451 e. The highest BCUT2D eigenvalue weighted by atomic mass is 32.1. The minimum Gasteiger partial charge on any atom is -0.487 e. The average molecular weight is 278 g/mol. The fraction of sp³-hybridized carbons (Fsp3) is 0.700.